The van der Waals surface area contributed by atoms with Gasteiger partial charge in [0.1, 0.15) is 6.29 Å². The number of rotatable bonds is 8. The molecule has 0 rings (SSSR count). The number of hydrogen-bond donors (Lipinski definition) is 2. The number of aliphatic hydroxyl groups is 2. The smallest absolute Gasteiger partial charge is 0.125 e. The quantitative estimate of drug-likeness (QED) is 0.510. The molecular formula is C14H26O4. The molecule has 0 aromatic carbocycles. The third-order valence-corrected chi connectivity index (χ3v) is 3.34. The van der Waals surface area contributed by atoms with Gasteiger partial charge in [-0.3, -0.25) is 0 Å². The summed E-state index contributed by atoms with van der Waals surface area (Å²) >= 11 is 0. The van der Waals surface area contributed by atoms with E-state index in [2.05, 4.69) is 0 Å². The number of aldehydes is 1. The van der Waals surface area contributed by atoms with Crippen LogP contribution in [-0.2, 0) is 9.53 Å². The van der Waals surface area contributed by atoms with Gasteiger partial charge >= 0.3 is 0 Å². The minimum atomic E-state index is -0.758. The average Bonchev–Trinajstić information content (AvgIpc) is 2.37. The lowest BCUT2D eigenvalue weighted by Crippen LogP contribution is -2.30. The van der Waals surface area contributed by atoms with Crippen molar-refractivity contribution in [3.63, 3.8) is 0 Å². The highest BCUT2D eigenvalue weighted by Gasteiger charge is 2.23. The predicted molar refractivity (Wildman–Crippen MR) is 71.2 cm³/mol. The molecule has 106 valence electrons. The number of aliphatic hydroxyl groups excluding tert-OH is 2. The van der Waals surface area contributed by atoms with Crippen LogP contribution in [0.2, 0.25) is 0 Å². The second kappa shape index (κ2) is 8.40. The Labute approximate surface area is 110 Å². The van der Waals surface area contributed by atoms with Crippen molar-refractivity contribution in [3.05, 3.63) is 11.6 Å². The Morgan fingerprint density at radius 3 is 2.22 bits per heavy atom. The maximum atomic E-state index is 10.6. The van der Waals surface area contributed by atoms with Crippen LogP contribution in [0, 0.1) is 17.8 Å². The SMILES string of the molecule is CO[C@H]([C@@H](C)/C=C(\C)[C@@H](O)[C@H](C)C=O)[C@@H](C)CO. The van der Waals surface area contributed by atoms with Crippen molar-refractivity contribution in [1.29, 1.82) is 0 Å². The molecule has 4 heteroatoms. The first-order chi connectivity index (χ1) is 8.38. The molecule has 0 aliphatic rings. The number of carbonyl (C=O) groups is 1. The van der Waals surface area contributed by atoms with Gasteiger partial charge in [-0.05, 0) is 12.5 Å². The second-order valence-corrected chi connectivity index (χ2v) is 5.07. The summed E-state index contributed by atoms with van der Waals surface area (Å²) in [6.07, 6.45) is 1.79. The van der Waals surface area contributed by atoms with Crippen LogP contribution in [0.1, 0.15) is 27.7 Å². The maximum Gasteiger partial charge on any atom is 0.125 e. The standard InChI is InChI=1S/C14H26O4/c1-9(13(17)11(3)7-15)6-10(2)14(18-5)12(4)8-16/h6-7,10-14,16-17H,8H2,1-5H3/b9-6+/t10-,11+,12-,13+,14+/m0/s1. The number of ether oxygens (including phenoxy) is 1. The Balaban J connectivity index is 4.77. The van der Waals surface area contributed by atoms with Gasteiger partial charge in [-0.1, -0.05) is 26.8 Å². The van der Waals surface area contributed by atoms with Crippen molar-refractivity contribution >= 4 is 6.29 Å². The Morgan fingerprint density at radius 1 is 1.28 bits per heavy atom. The zero-order valence-electron chi connectivity index (χ0n) is 12.0. The normalized spacial score (nSPS) is 20.9. The van der Waals surface area contributed by atoms with Gasteiger partial charge in [0.15, 0.2) is 0 Å². The van der Waals surface area contributed by atoms with E-state index in [4.69, 9.17) is 9.84 Å². The van der Waals surface area contributed by atoms with Gasteiger partial charge < -0.3 is 19.7 Å². The summed E-state index contributed by atoms with van der Waals surface area (Å²) in [6, 6.07) is 0. The van der Waals surface area contributed by atoms with Crippen LogP contribution < -0.4 is 0 Å². The van der Waals surface area contributed by atoms with Gasteiger partial charge in [0.25, 0.3) is 0 Å². The van der Waals surface area contributed by atoms with Crippen molar-refractivity contribution in [1.82, 2.24) is 0 Å². The largest absolute Gasteiger partial charge is 0.396 e. The van der Waals surface area contributed by atoms with Crippen LogP contribution in [0.4, 0.5) is 0 Å². The van der Waals surface area contributed by atoms with Gasteiger partial charge in [0.05, 0.1) is 12.2 Å². The molecule has 18 heavy (non-hydrogen) atoms. The molecule has 0 aliphatic carbocycles. The second-order valence-electron chi connectivity index (χ2n) is 5.07. The highest BCUT2D eigenvalue weighted by atomic mass is 16.5. The molecule has 0 saturated carbocycles. The molecule has 0 radical (unpaired) electrons. The Hall–Kier alpha value is -0.710. The van der Waals surface area contributed by atoms with Crippen molar-refractivity contribution in [2.45, 2.75) is 39.9 Å². The van der Waals surface area contributed by atoms with E-state index in [0.29, 0.717) is 0 Å². The molecule has 0 heterocycles. The maximum absolute atomic E-state index is 10.6. The van der Waals surface area contributed by atoms with E-state index in [-0.39, 0.29) is 24.5 Å². The molecular weight excluding hydrogens is 232 g/mol. The van der Waals surface area contributed by atoms with Crippen molar-refractivity contribution in [2.24, 2.45) is 17.8 Å². The van der Waals surface area contributed by atoms with Gasteiger partial charge in [-0.2, -0.15) is 0 Å². The van der Waals surface area contributed by atoms with Crippen molar-refractivity contribution in [2.75, 3.05) is 13.7 Å². The summed E-state index contributed by atoms with van der Waals surface area (Å²) < 4.78 is 5.38. The fourth-order valence-electron chi connectivity index (χ4n) is 2.17. The molecule has 0 unspecified atom stereocenters. The molecule has 0 aromatic rings. The Bertz CT molecular complexity index is 275. The lowest BCUT2D eigenvalue weighted by atomic mass is 9.89. The van der Waals surface area contributed by atoms with Gasteiger partial charge in [-0.15, -0.1) is 0 Å². The molecule has 0 bridgehead atoms. The third kappa shape index (κ3) is 4.88. The first-order valence-electron chi connectivity index (χ1n) is 6.34. The first kappa shape index (κ1) is 17.3. The van der Waals surface area contributed by atoms with Crippen LogP contribution in [0.3, 0.4) is 0 Å². The first-order valence-corrected chi connectivity index (χ1v) is 6.34. The Morgan fingerprint density at radius 2 is 1.83 bits per heavy atom. The summed E-state index contributed by atoms with van der Waals surface area (Å²) in [5, 5.41) is 19.1. The highest BCUT2D eigenvalue weighted by molar-refractivity contribution is 5.54. The monoisotopic (exact) mass is 258 g/mol. The van der Waals surface area contributed by atoms with Gasteiger partial charge in [-0.25, -0.2) is 0 Å². The zero-order chi connectivity index (χ0) is 14.3. The lowest BCUT2D eigenvalue weighted by Gasteiger charge is -2.26. The minimum absolute atomic E-state index is 0.0229. The topological polar surface area (TPSA) is 66.8 Å². The van der Waals surface area contributed by atoms with Crippen molar-refractivity contribution in [3.8, 4) is 0 Å². The van der Waals surface area contributed by atoms with E-state index < -0.39 is 12.0 Å². The molecule has 0 amide bonds. The van der Waals surface area contributed by atoms with Crippen LogP contribution in [0.25, 0.3) is 0 Å². The molecule has 2 N–H and O–H groups in total. The van der Waals surface area contributed by atoms with E-state index in [9.17, 15) is 9.90 Å². The highest BCUT2D eigenvalue weighted by Crippen LogP contribution is 2.21. The Kier molecular flexibility index (Phi) is 8.07. The number of carbonyl (C=O) groups excluding carboxylic acids is 1. The molecule has 0 aromatic heterocycles. The van der Waals surface area contributed by atoms with Crippen LogP contribution >= 0.6 is 0 Å². The van der Waals surface area contributed by atoms with E-state index in [1.165, 1.54) is 0 Å². The van der Waals surface area contributed by atoms with E-state index in [1.54, 1.807) is 21.0 Å². The molecule has 0 fully saturated rings. The van der Waals surface area contributed by atoms with Gasteiger partial charge in [0.2, 0.25) is 0 Å². The van der Waals surface area contributed by atoms with E-state index in [1.807, 2.05) is 19.9 Å². The average molecular weight is 258 g/mol. The molecule has 0 aliphatic heterocycles. The zero-order valence-corrected chi connectivity index (χ0v) is 12.0. The van der Waals surface area contributed by atoms with E-state index >= 15 is 0 Å². The summed E-state index contributed by atoms with van der Waals surface area (Å²) in [5.41, 5.74) is 0.759. The third-order valence-electron chi connectivity index (χ3n) is 3.34. The minimum Gasteiger partial charge on any atom is -0.396 e. The predicted octanol–water partition coefficient (Wildman–Crippen LogP) is 1.41. The molecule has 5 atom stereocenters. The van der Waals surface area contributed by atoms with Crippen LogP contribution in [-0.4, -0.2) is 42.4 Å². The fraction of sp³-hybridized carbons (Fsp3) is 0.786. The molecule has 4 nitrogen and oxygen atoms in total. The summed E-state index contributed by atoms with van der Waals surface area (Å²) in [5.74, 6) is -0.329. The molecule has 0 spiro atoms. The summed E-state index contributed by atoms with van der Waals surface area (Å²) in [4.78, 5) is 10.6. The number of hydrogen-bond acceptors (Lipinski definition) is 4. The van der Waals surface area contributed by atoms with Crippen molar-refractivity contribution < 1.29 is 19.7 Å². The number of methoxy groups -OCH3 is 1. The summed E-state index contributed by atoms with van der Waals surface area (Å²) in [7, 11) is 1.61. The van der Waals surface area contributed by atoms with E-state index in [0.717, 1.165) is 11.9 Å². The summed E-state index contributed by atoms with van der Waals surface area (Å²) in [6.45, 7) is 7.44. The van der Waals surface area contributed by atoms with Crippen LogP contribution in [0.15, 0.2) is 11.6 Å². The van der Waals surface area contributed by atoms with Crippen LogP contribution in [0.5, 0.6) is 0 Å². The fourth-order valence-corrected chi connectivity index (χ4v) is 2.17. The van der Waals surface area contributed by atoms with Gasteiger partial charge in [0, 0.05) is 31.5 Å². The molecule has 0 saturated heterocycles. The lowest BCUT2D eigenvalue weighted by molar-refractivity contribution is -0.112.